The number of rotatable bonds is 6. The van der Waals surface area contributed by atoms with Crippen LogP contribution in [-0.4, -0.2) is 28.5 Å². The zero-order valence-electron chi connectivity index (χ0n) is 14.1. The van der Waals surface area contributed by atoms with E-state index in [9.17, 15) is 4.79 Å². The van der Waals surface area contributed by atoms with Gasteiger partial charge in [0, 0.05) is 10.0 Å². The van der Waals surface area contributed by atoms with Gasteiger partial charge in [0.2, 0.25) is 5.13 Å². The van der Waals surface area contributed by atoms with Crippen LogP contribution in [0.3, 0.4) is 0 Å². The quantitative estimate of drug-likeness (QED) is 0.530. The lowest BCUT2D eigenvalue weighted by Gasteiger charge is -2.23. The summed E-state index contributed by atoms with van der Waals surface area (Å²) < 4.78 is 7.55. The van der Waals surface area contributed by atoms with E-state index >= 15 is 0 Å². The predicted molar refractivity (Wildman–Crippen MR) is 103 cm³/mol. The fourth-order valence-corrected chi connectivity index (χ4v) is 3.98. The number of hydrogen-bond donors (Lipinski definition) is 1. The summed E-state index contributed by atoms with van der Waals surface area (Å²) in [5.74, 6) is 1.38. The molecule has 0 atom stereocenters. The molecule has 0 radical (unpaired) electrons. The summed E-state index contributed by atoms with van der Waals surface area (Å²) >= 11 is 6.44. The molecule has 0 spiro atoms. The highest BCUT2D eigenvalue weighted by atomic mass is 79.9. The van der Waals surface area contributed by atoms with E-state index in [-0.39, 0.29) is 17.9 Å². The Morgan fingerprint density at radius 3 is 2.79 bits per heavy atom. The topological polar surface area (TPSA) is 64.1 Å². The van der Waals surface area contributed by atoms with Crippen molar-refractivity contribution in [1.29, 1.82) is 0 Å². The Morgan fingerprint density at radius 2 is 2.12 bits per heavy atom. The van der Waals surface area contributed by atoms with Crippen molar-refractivity contribution < 1.29 is 9.53 Å². The van der Waals surface area contributed by atoms with Crippen molar-refractivity contribution in [3.05, 3.63) is 28.2 Å². The van der Waals surface area contributed by atoms with E-state index in [0.717, 1.165) is 20.1 Å². The minimum Gasteiger partial charge on any atom is -0.483 e. The Morgan fingerprint density at radius 1 is 1.38 bits per heavy atom. The van der Waals surface area contributed by atoms with Crippen LogP contribution in [0, 0.1) is 0 Å². The Kier molecular flexibility index (Phi) is 6.65. The van der Waals surface area contributed by atoms with Crippen molar-refractivity contribution in [2.45, 2.75) is 37.4 Å². The van der Waals surface area contributed by atoms with Crippen molar-refractivity contribution in [1.82, 2.24) is 10.2 Å². The normalized spacial score (nSPS) is 11.4. The first kappa shape index (κ1) is 19.2. The van der Waals surface area contributed by atoms with Gasteiger partial charge in [-0.25, -0.2) is 0 Å². The average molecular weight is 430 g/mol. The van der Waals surface area contributed by atoms with E-state index in [1.165, 1.54) is 11.3 Å². The number of benzene rings is 1. The summed E-state index contributed by atoms with van der Waals surface area (Å²) in [6.07, 6.45) is 0. The molecule has 1 heterocycles. The van der Waals surface area contributed by atoms with Crippen molar-refractivity contribution in [2.75, 3.05) is 17.7 Å². The molecule has 0 aliphatic carbocycles. The van der Waals surface area contributed by atoms with Gasteiger partial charge in [0.15, 0.2) is 10.9 Å². The Bertz CT molecular complexity index is 714. The molecule has 0 fully saturated rings. The van der Waals surface area contributed by atoms with E-state index in [0.29, 0.717) is 10.9 Å². The van der Waals surface area contributed by atoms with E-state index in [1.54, 1.807) is 11.8 Å². The Hall–Kier alpha value is -1.12. The lowest BCUT2D eigenvalue weighted by molar-refractivity contribution is -0.118. The van der Waals surface area contributed by atoms with Crippen LogP contribution in [0.2, 0.25) is 0 Å². The molecule has 8 heteroatoms. The third-order valence-electron chi connectivity index (χ3n) is 3.03. The third kappa shape index (κ3) is 5.46. The number of carbonyl (C=O) groups excluding carboxylic acids is 1. The third-order valence-corrected chi connectivity index (χ3v) is 5.38. The first-order valence-corrected chi connectivity index (χ1v) is 10.1. The van der Waals surface area contributed by atoms with Crippen LogP contribution in [0.4, 0.5) is 5.13 Å². The Labute approximate surface area is 158 Å². The maximum Gasteiger partial charge on any atom is 0.264 e. The molecule has 24 heavy (non-hydrogen) atoms. The monoisotopic (exact) mass is 429 g/mol. The first-order chi connectivity index (χ1) is 11.3. The van der Waals surface area contributed by atoms with Gasteiger partial charge in [-0.2, -0.15) is 0 Å². The van der Waals surface area contributed by atoms with Crippen LogP contribution in [0.15, 0.2) is 27.0 Å². The number of halogens is 1. The number of nitrogens with zero attached hydrogens (tertiary/aromatic N) is 2. The van der Waals surface area contributed by atoms with Gasteiger partial charge < -0.3 is 4.74 Å². The van der Waals surface area contributed by atoms with Crippen LogP contribution in [-0.2, 0) is 10.2 Å². The number of aromatic nitrogens is 2. The molecule has 1 N–H and O–H groups in total. The Balaban J connectivity index is 1.98. The molecule has 1 aromatic carbocycles. The molecule has 2 rings (SSSR count). The van der Waals surface area contributed by atoms with Crippen LogP contribution in [0.5, 0.6) is 5.75 Å². The van der Waals surface area contributed by atoms with Crippen molar-refractivity contribution >= 4 is 50.1 Å². The number of nitrogens with one attached hydrogen (secondary N) is 1. The summed E-state index contributed by atoms with van der Waals surface area (Å²) in [6, 6.07) is 5.80. The van der Waals surface area contributed by atoms with Gasteiger partial charge in [0.05, 0.1) is 0 Å². The maximum absolute atomic E-state index is 12.1. The van der Waals surface area contributed by atoms with E-state index in [2.05, 4.69) is 52.2 Å². The molecular formula is C16H20BrN3O2S2. The number of amides is 1. The maximum atomic E-state index is 12.1. The van der Waals surface area contributed by atoms with Gasteiger partial charge in [-0.15, -0.1) is 10.2 Å². The SMILES string of the molecule is CCSc1nnc(NC(=O)COc2ccc(Br)cc2C(C)(C)C)s1. The minimum absolute atomic E-state index is 0.0689. The van der Waals surface area contributed by atoms with Gasteiger partial charge >= 0.3 is 0 Å². The summed E-state index contributed by atoms with van der Waals surface area (Å²) in [5.41, 5.74) is 0.961. The van der Waals surface area contributed by atoms with Crippen LogP contribution >= 0.6 is 39.0 Å². The highest BCUT2D eigenvalue weighted by Gasteiger charge is 2.20. The van der Waals surface area contributed by atoms with Gasteiger partial charge in [0.1, 0.15) is 5.75 Å². The fourth-order valence-electron chi connectivity index (χ4n) is 1.95. The zero-order valence-corrected chi connectivity index (χ0v) is 17.3. The molecule has 0 unspecified atom stereocenters. The minimum atomic E-state index is -0.248. The number of ether oxygens (including phenoxy) is 1. The number of anilines is 1. The lowest BCUT2D eigenvalue weighted by Crippen LogP contribution is -2.22. The smallest absolute Gasteiger partial charge is 0.264 e. The molecular weight excluding hydrogens is 410 g/mol. The van der Waals surface area contributed by atoms with Gasteiger partial charge in [-0.05, 0) is 29.4 Å². The van der Waals surface area contributed by atoms with Crippen molar-refractivity contribution in [2.24, 2.45) is 0 Å². The predicted octanol–water partition coefficient (Wildman–Crippen LogP) is 4.73. The fraction of sp³-hybridized carbons (Fsp3) is 0.438. The highest BCUT2D eigenvalue weighted by Crippen LogP contribution is 2.33. The summed E-state index contributed by atoms with van der Waals surface area (Å²) in [7, 11) is 0. The lowest BCUT2D eigenvalue weighted by atomic mass is 9.86. The van der Waals surface area contributed by atoms with Crippen molar-refractivity contribution in [3.8, 4) is 5.75 Å². The second-order valence-corrected chi connectivity index (χ2v) is 9.44. The molecule has 5 nitrogen and oxygen atoms in total. The largest absolute Gasteiger partial charge is 0.483 e. The number of thioether (sulfide) groups is 1. The molecule has 0 saturated carbocycles. The van der Waals surface area contributed by atoms with E-state index in [1.807, 2.05) is 25.1 Å². The van der Waals surface area contributed by atoms with Crippen LogP contribution < -0.4 is 10.1 Å². The molecule has 0 aliphatic rings. The molecule has 0 saturated heterocycles. The van der Waals surface area contributed by atoms with Crippen LogP contribution in [0.25, 0.3) is 0 Å². The van der Waals surface area contributed by atoms with E-state index in [4.69, 9.17) is 4.74 Å². The second kappa shape index (κ2) is 8.31. The standard InChI is InChI=1S/C16H20BrN3O2S2/c1-5-23-15-20-19-14(24-15)18-13(21)9-22-12-7-6-10(17)8-11(12)16(2,3)4/h6-8H,5,9H2,1-4H3,(H,18,19,21). The van der Waals surface area contributed by atoms with Gasteiger partial charge in [0.25, 0.3) is 5.91 Å². The second-order valence-electron chi connectivity index (χ2n) is 6.03. The average Bonchev–Trinajstić information content (AvgIpc) is 2.92. The summed E-state index contributed by atoms with van der Waals surface area (Å²) in [4.78, 5) is 12.1. The summed E-state index contributed by atoms with van der Waals surface area (Å²) in [5, 5.41) is 11.2. The van der Waals surface area contributed by atoms with Gasteiger partial charge in [-0.3, -0.25) is 10.1 Å². The zero-order chi connectivity index (χ0) is 17.7. The molecule has 1 aromatic heterocycles. The van der Waals surface area contributed by atoms with Crippen molar-refractivity contribution in [3.63, 3.8) is 0 Å². The molecule has 1 amide bonds. The van der Waals surface area contributed by atoms with Crippen LogP contribution in [0.1, 0.15) is 33.3 Å². The molecule has 0 bridgehead atoms. The van der Waals surface area contributed by atoms with Gasteiger partial charge in [-0.1, -0.05) is 66.7 Å². The number of hydrogen-bond acceptors (Lipinski definition) is 6. The summed E-state index contributed by atoms with van der Waals surface area (Å²) in [6.45, 7) is 8.30. The first-order valence-electron chi connectivity index (χ1n) is 7.48. The van der Waals surface area contributed by atoms with E-state index < -0.39 is 0 Å². The highest BCUT2D eigenvalue weighted by molar-refractivity contribution is 9.10. The molecule has 2 aromatic rings. The molecule has 0 aliphatic heterocycles. The molecule has 130 valence electrons. The number of carbonyl (C=O) groups is 1.